The summed E-state index contributed by atoms with van der Waals surface area (Å²) in [7, 11) is 0. The fourth-order valence-corrected chi connectivity index (χ4v) is 3.58. The van der Waals surface area contributed by atoms with Crippen molar-refractivity contribution < 1.29 is 0 Å². The topological polar surface area (TPSA) is 50.9 Å². The third-order valence-electron chi connectivity index (χ3n) is 2.72. The molecule has 0 saturated carbocycles. The Kier molecular flexibility index (Phi) is 2.90. The first kappa shape index (κ1) is 10.9. The zero-order valence-corrected chi connectivity index (χ0v) is 10.6. The zero-order valence-electron chi connectivity index (χ0n) is 8.96. The molecule has 1 unspecified atom stereocenters. The molecule has 0 aliphatic rings. The summed E-state index contributed by atoms with van der Waals surface area (Å²) in [6, 6.07) is 8.45. The Morgan fingerprint density at radius 2 is 2.18 bits per heavy atom. The van der Waals surface area contributed by atoms with Gasteiger partial charge in [0.2, 0.25) is 0 Å². The van der Waals surface area contributed by atoms with Gasteiger partial charge in [0.25, 0.3) is 0 Å². The Morgan fingerprint density at radius 1 is 1.24 bits per heavy atom. The molecule has 86 valence electrons. The van der Waals surface area contributed by atoms with Gasteiger partial charge >= 0.3 is 0 Å². The minimum atomic E-state index is 0.0184. The first-order valence-corrected chi connectivity index (χ1v) is 6.96. The van der Waals surface area contributed by atoms with Crippen LogP contribution in [0.15, 0.2) is 41.4 Å². The Hall–Kier alpha value is -1.27. The third-order valence-corrected chi connectivity index (χ3v) is 4.54. The third kappa shape index (κ3) is 1.87. The van der Waals surface area contributed by atoms with E-state index in [0.717, 1.165) is 4.88 Å². The van der Waals surface area contributed by atoms with Crippen molar-refractivity contribution in [3.05, 3.63) is 51.8 Å². The van der Waals surface area contributed by atoms with Gasteiger partial charge in [0, 0.05) is 15.8 Å². The monoisotopic (exact) mass is 261 g/mol. The summed E-state index contributed by atoms with van der Waals surface area (Å²) in [4.78, 5) is 5.24. The van der Waals surface area contributed by atoms with Gasteiger partial charge in [-0.2, -0.15) is 0 Å². The number of rotatable bonds is 3. The average Bonchev–Trinajstić information content (AvgIpc) is 3.00. The van der Waals surface area contributed by atoms with Gasteiger partial charge in [-0.3, -0.25) is 10.8 Å². The summed E-state index contributed by atoms with van der Waals surface area (Å²) < 4.78 is 1.28. The van der Waals surface area contributed by atoms with Gasteiger partial charge in [-0.15, -0.1) is 22.7 Å². The van der Waals surface area contributed by atoms with Gasteiger partial charge in [-0.05, 0) is 22.4 Å². The summed E-state index contributed by atoms with van der Waals surface area (Å²) in [5, 5.41) is 3.37. The largest absolute Gasteiger partial charge is 0.271 e. The van der Waals surface area contributed by atoms with E-state index in [2.05, 4.69) is 40.1 Å². The SMILES string of the molecule is NNC(c1cncs1)c1cccc2ccsc12. The molecular formula is C12H11N3S2. The van der Waals surface area contributed by atoms with Crippen LogP contribution in [-0.4, -0.2) is 4.98 Å². The molecule has 2 heterocycles. The van der Waals surface area contributed by atoms with Crippen LogP contribution in [0.5, 0.6) is 0 Å². The van der Waals surface area contributed by atoms with Crippen LogP contribution in [0.2, 0.25) is 0 Å². The predicted molar refractivity (Wildman–Crippen MR) is 73.1 cm³/mol. The molecule has 1 aromatic carbocycles. The highest BCUT2D eigenvalue weighted by molar-refractivity contribution is 7.17. The molecule has 0 radical (unpaired) electrons. The number of hydrogen-bond donors (Lipinski definition) is 2. The molecule has 17 heavy (non-hydrogen) atoms. The van der Waals surface area contributed by atoms with Crippen molar-refractivity contribution in [2.24, 2.45) is 5.84 Å². The summed E-state index contributed by atoms with van der Waals surface area (Å²) >= 11 is 3.36. The predicted octanol–water partition coefficient (Wildman–Crippen LogP) is 2.91. The maximum atomic E-state index is 5.69. The summed E-state index contributed by atoms with van der Waals surface area (Å²) in [5.41, 5.74) is 5.92. The van der Waals surface area contributed by atoms with Gasteiger partial charge in [-0.25, -0.2) is 5.43 Å². The van der Waals surface area contributed by atoms with Crippen molar-refractivity contribution in [3.8, 4) is 0 Å². The van der Waals surface area contributed by atoms with Crippen LogP contribution < -0.4 is 11.3 Å². The van der Waals surface area contributed by atoms with Crippen molar-refractivity contribution in [1.82, 2.24) is 10.4 Å². The normalized spacial score (nSPS) is 13.0. The first-order valence-electron chi connectivity index (χ1n) is 5.21. The number of thiophene rings is 1. The fraction of sp³-hybridized carbons (Fsp3) is 0.0833. The lowest BCUT2D eigenvalue weighted by Gasteiger charge is -2.15. The molecule has 0 fully saturated rings. The minimum absolute atomic E-state index is 0.0184. The van der Waals surface area contributed by atoms with Crippen LogP contribution in [0, 0.1) is 0 Å². The number of hydrazine groups is 1. The van der Waals surface area contributed by atoms with E-state index >= 15 is 0 Å². The van der Waals surface area contributed by atoms with Gasteiger partial charge in [0.05, 0.1) is 11.6 Å². The van der Waals surface area contributed by atoms with Crippen LogP contribution in [0.1, 0.15) is 16.5 Å². The van der Waals surface area contributed by atoms with E-state index in [0.29, 0.717) is 0 Å². The molecule has 0 aliphatic heterocycles. The van der Waals surface area contributed by atoms with Gasteiger partial charge in [-0.1, -0.05) is 18.2 Å². The number of aromatic nitrogens is 1. The Labute approximate surface area is 107 Å². The maximum Gasteiger partial charge on any atom is 0.0832 e. The molecule has 2 aromatic heterocycles. The smallest absolute Gasteiger partial charge is 0.0832 e. The van der Waals surface area contributed by atoms with Gasteiger partial charge < -0.3 is 0 Å². The molecule has 3 rings (SSSR count). The van der Waals surface area contributed by atoms with Crippen molar-refractivity contribution in [1.29, 1.82) is 0 Å². The average molecular weight is 261 g/mol. The highest BCUT2D eigenvalue weighted by Crippen LogP contribution is 2.32. The van der Waals surface area contributed by atoms with E-state index in [4.69, 9.17) is 5.84 Å². The summed E-state index contributed by atoms with van der Waals surface area (Å²) in [6.07, 6.45) is 1.86. The van der Waals surface area contributed by atoms with Crippen LogP contribution in [-0.2, 0) is 0 Å². The van der Waals surface area contributed by atoms with Gasteiger partial charge in [0.1, 0.15) is 0 Å². The number of nitrogens with zero attached hydrogens (tertiary/aromatic N) is 1. The van der Waals surface area contributed by atoms with Crippen molar-refractivity contribution in [2.75, 3.05) is 0 Å². The molecule has 3 aromatic rings. The number of fused-ring (bicyclic) bond motifs is 1. The molecule has 0 bridgehead atoms. The molecule has 1 atom stereocenters. The Morgan fingerprint density at radius 3 is 2.94 bits per heavy atom. The van der Waals surface area contributed by atoms with E-state index in [9.17, 15) is 0 Å². The van der Waals surface area contributed by atoms with Crippen LogP contribution in [0.3, 0.4) is 0 Å². The lowest BCUT2D eigenvalue weighted by atomic mass is 10.0. The molecule has 5 heteroatoms. The van der Waals surface area contributed by atoms with E-state index in [1.54, 1.807) is 22.7 Å². The molecule has 0 aliphatic carbocycles. The second kappa shape index (κ2) is 4.54. The molecule has 3 nitrogen and oxygen atoms in total. The summed E-state index contributed by atoms with van der Waals surface area (Å²) in [5.74, 6) is 5.69. The number of benzene rings is 1. The Balaban J connectivity index is 2.16. The summed E-state index contributed by atoms with van der Waals surface area (Å²) in [6.45, 7) is 0. The second-order valence-corrected chi connectivity index (χ2v) is 5.52. The standard InChI is InChI=1S/C12H11N3S2/c13-15-11(10-6-14-7-17-10)9-3-1-2-8-4-5-16-12(8)9/h1-7,11,15H,13H2. The van der Waals surface area contributed by atoms with E-state index < -0.39 is 0 Å². The number of nitrogens with one attached hydrogen (secondary N) is 1. The number of thiazole rings is 1. The number of nitrogens with two attached hydrogens (primary N) is 1. The lowest BCUT2D eigenvalue weighted by Crippen LogP contribution is -2.28. The van der Waals surface area contributed by atoms with E-state index in [1.165, 1.54) is 15.6 Å². The number of hydrogen-bond acceptors (Lipinski definition) is 5. The second-order valence-electron chi connectivity index (χ2n) is 3.69. The molecule has 3 N–H and O–H groups in total. The van der Waals surface area contributed by atoms with Crippen molar-refractivity contribution in [2.45, 2.75) is 6.04 Å². The van der Waals surface area contributed by atoms with Gasteiger partial charge in [0.15, 0.2) is 0 Å². The molecule has 0 saturated heterocycles. The molecule has 0 spiro atoms. The van der Waals surface area contributed by atoms with Crippen LogP contribution in [0.4, 0.5) is 0 Å². The molecule has 0 amide bonds. The molecular weight excluding hydrogens is 250 g/mol. The highest BCUT2D eigenvalue weighted by Gasteiger charge is 2.16. The lowest BCUT2D eigenvalue weighted by molar-refractivity contribution is 0.650. The van der Waals surface area contributed by atoms with Crippen molar-refractivity contribution >= 4 is 32.8 Å². The van der Waals surface area contributed by atoms with Crippen LogP contribution >= 0.6 is 22.7 Å². The van der Waals surface area contributed by atoms with E-state index in [-0.39, 0.29) is 6.04 Å². The minimum Gasteiger partial charge on any atom is -0.271 e. The Bertz CT molecular complexity index is 616. The first-order chi connectivity index (χ1) is 8.40. The maximum absolute atomic E-state index is 5.69. The van der Waals surface area contributed by atoms with Crippen LogP contribution in [0.25, 0.3) is 10.1 Å². The zero-order chi connectivity index (χ0) is 11.7. The fourth-order valence-electron chi connectivity index (χ4n) is 1.94. The highest BCUT2D eigenvalue weighted by atomic mass is 32.1. The van der Waals surface area contributed by atoms with E-state index in [1.807, 2.05) is 11.7 Å². The van der Waals surface area contributed by atoms with Crippen molar-refractivity contribution in [3.63, 3.8) is 0 Å². The quantitative estimate of drug-likeness (QED) is 0.563.